The number of amides is 1. The molecule has 1 aliphatic carbocycles. The van der Waals surface area contributed by atoms with Gasteiger partial charge in [0.25, 0.3) is 5.91 Å². The van der Waals surface area contributed by atoms with E-state index in [-0.39, 0.29) is 0 Å². The first-order valence-electron chi connectivity index (χ1n) is 9.36. The van der Waals surface area contributed by atoms with E-state index in [2.05, 4.69) is 22.2 Å². The molecule has 1 atom stereocenters. The Balaban J connectivity index is 1.80. The number of benzene rings is 2. The zero-order valence-electron chi connectivity index (χ0n) is 15.5. The van der Waals surface area contributed by atoms with Crippen molar-refractivity contribution in [1.29, 1.82) is 0 Å². The van der Waals surface area contributed by atoms with Crippen LogP contribution in [0.3, 0.4) is 0 Å². The first kappa shape index (κ1) is 19.2. The van der Waals surface area contributed by atoms with Gasteiger partial charge in [-0.2, -0.15) is 0 Å². The Morgan fingerprint density at radius 3 is 2.72 bits per heavy atom. The minimum Gasteiger partial charge on any atom is -0.289 e. The number of hydroxylamine groups is 1. The summed E-state index contributed by atoms with van der Waals surface area (Å²) in [6.07, 6.45) is 2.49. The Morgan fingerprint density at radius 2 is 2.03 bits per heavy atom. The highest BCUT2D eigenvalue weighted by Gasteiger charge is 2.27. The zero-order valence-corrected chi connectivity index (χ0v) is 16.3. The second kappa shape index (κ2) is 8.48. The number of halogens is 1. The molecule has 1 aliphatic rings. The Morgan fingerprint density at radius 1 is 1.24 bits per heavy atom. The normalized spacial score (nSPS) is 14.0. The van der Waals surface area contributed by atoms with Gasteiger partial charge < -0.3 is 0 Å². The van der Waals surface area contributed by atoms with Gasteiger partial charge in [-0.05, 0) is 36.5 Å². The molecule has 4 rings (SSSR count). The van der Waals surface area contributed by atoms with Gasteiger partial charge in [-0.25, -0.2) is 10.2 Å². The van der Waals surface area contributed by atoms with Crippen LogP contribution in [0.1, 0.15) is 30.1 Å². The maximum absolute atomic E-state index is 12.5. The van der Waals surface area contributed by atoms with E-state index < -0.39 is 11.9 Å². The number of hydrogen-bond acceptors (Lipinski definition) is 4. The molecule has 1 aromatic heterocycles. The summed E-state index contributed by atoms with van der Waals surface area (Å²) >= 11 is 6.15. The number of nitrogens with one attached hydrogen (secondary N) is 1. The quantitative estimate of drug-likeness (QED) is 0.385. The van der Waals surface area contributed by atoms with Gasteiger partial charge in [0, 0.05) is 22.9 Å². The molecule has 2 aromatic carbocycles. The Kier molecular flexibility index (Phi) is 5.61. The van der Waals surface area contributed by atoms with Crippen molar-refractivity contribution in [3.63, 3.8) is 0 Å². The van der Waals surface area contributed by atoms with Gasteiger partial charge in [0.2, 0.25) is 0 Å². The third kappa shape index (κ3) is 4.48. The van der Waals surface area contributed by atoms with Crippen molar-refractivity contribution in [2.45, 2.75) is 25.3 Å². The van der Waals surface area contributed by atoms with Crippen LogP contribution in [-0.2, 0) is 11.2 Å². The van der Waals surface area contributed by atoms with Crippen molar-refractivity contribution in [3.8, 4) is 23.1 Å². The Bertz CT molecular complexity index is 1080. The lowest BCUT2D eigenvalue weighted by molar-refractivity contribution is -0.133. The van der Waals surface area contributed by atoms with Gasteiger partial charge >= 0.3 is 0 Å². The fourth-order valence-corrected chi connectivity index (χ4v) is 3.25. The maximum Gasteiger partial charge on any atom is 0.268 e. The van der Waals surface area contributed by atoms with Crippen molar-refractivity contribution in [1.82, 2.24) is 20.5 Å². The van der Waals surface area contributed by atoms with Crippen LogP contribution in [0.15, 0.2) is 54.6 Å². The fourth-order valence-electron chi connectivity index (χ4n) is 3.06. The molecule has 0 aliphatic heterocycles. The van der Waals surface area contributed by atoms with Crippen LogP contribution in [0.4, 0.5) is 0 Å². The summed E-state index contributed by atoms with van der Waals surface area (Å²) in [5.41, 5.74) is 4.54. The minimum absolute atomic E-state index is 0.337. The summed E-state index contributed by atoms with van der Waals surface area (Å²) in [5.74, 6) is 6.18. The summed E-state index contributed by atoms with van der Waals surface area (Å²) in [7, 11) is 0. The van der Waals surface area contributed by atoms with Crippen molar-refractivity contribution in [3.05, 3.63) is 70.9 Å². The molecule has 0 unspecified atom stereocenters. The predicted octanol–water partition coefficient (Wildman–Crippen LogP) is 3.65. The van der Waals surface area contributed by atoms with Gasteiger partial charge in [0.1, 0.15) is 17.4 Å². The van der Waals surface area contributed by atoms with Crippen LogP contribution in [0, 0.1) is 17.8 Å². The third-order valence-electron chi connectivity index (χ3n) is 4.74. The van der Waals surface area contributed by atoms with Crippen LogP contribution < -0.4 is 5.48 Å². The number of carbonyl (C=O) groups excluding carboxylic acids is 1. The largest absolute Gasteiger partial charge is 0.289 e. The predicted molar refractivity (Wildman–Crippen MR) is 109 cm³/mol. The third-order valence-corrected chi connectivity index (χ3v) is 4.98. The molecule has 6 nitrogen and oxygen atoms in total. The van der Waals surface area contributed by atoms with Crippen LogP contribution in [0.25, 0.3) is 11.3 Å². The molecule has 1 amide bonds. The molecule has 146 valence electrons. The summed E-state index contributed by atoms with van der Waals surface area (Å²) in [4.78, 5) is 12.5. The van der Waals surface area contributed by atoms with Crippen LogP contribution >= 0.6 is 11.6 Å². The summed E-state index contributed by atoms with van der Waals surface area (Å²) in [6, 6.07) is 16.0. The van der Waals surface area contributed by atoms with Crippen molar-refractivity contribution < 1.29 is 10.0 Å². The van der Waals surface area contributed by atoms with Gasteiger partial charge in [-0.1, -0.05) is 65.2 Å². The molecule has 0 saturated heterocycles. The smallest absolute Gasteiger partial charge is 0.268 e. The SMILES string of the molecule is O=C(NO)[C@H](Cc1ccccc1)n1nnc(-c2cccc(Cl)c2)c1C#CC1CC1. The molecular weight excluding hydrogens is 388 g/mol. The Hall–Kier alpha value is -3.14. The van der Waals surface area contributed by atoms with Gasteiger partial charge in [0.15, 0.2) is 0 Å². The van der Waals surface area contributed by atoms with E-state index in [4.69, 9.17) is 11.6 Å². The molecule has 1 saturated carbocycles. The van der Waals surface area contributed by atoms with E-state index in [1.54, 1.807) is 17.6 Å². The minimum atomic E-state index is -0.800. The summed E-state index contributed by atoms with van der Waals surface area (Å²) in [6.45, 7) is 0. The van der Waals surface area contributed by atoms with E-state index in [1.807, 2.05) is 42.5 Å². The fraction of sp³-hybridized carbons (Fsp3) is 0.227. The average Bonchev–Trinajstić information content (AvgIpc) is 3.48. The topological polar surface area (TPSA) is 80.0 Å². The van der Waals surface area contributed by atoms with Gasteiger partial charge in [-0.3, -0.25) is 10.0 Å². The van der Waals surface area contributed by atoms with Crippen LogP contribution in [0.5, 0.6) is 0 Å². The monoisotopic (exact) mass is 406 g/mol. The lowest BCUT2D eigenvalue weighted by Gasteiger charge is -2.16. The standard InChI is InChI=1S/C22H19ClN4O2/c23-18-8-4-7-17(14-18)21-19(12-11-15-9-10-15)27(26-24-21)20(22(28)25-29)13-16-5-2-1-3-6-16/h1-8,14-15,20,29H,9-10,13H2,(H,25,28)/t20-/m0/s1. The second-order valence-electron chi connectivity index (χ2n) is 6.97. The highest BCUT2D eigenvalue weighted by Crippen LogP contribution is 2.29. The number of carbonyl (C=O) groups is 1. The first-order valence-corrected chi connectivity index (χ1v) is 9.74. The molecule has 7 heteroatoms. The second-order valence-corrected chi connectivity index (χ2v) is 7.40. The molecule has 1 fully saturated rings. The molecule has 0 spiro atoms. The molecule has 1 heterocycles. The first-order chi connectivity index (χ1) is 14.2. The van der Waals surface area contributed by atoms with Crippen molar-refractivity contribution >= 4 is 17.5 Å². The number of rotatable bonds is 5. The zero-order chi connectivity index (χ0) is 20.2. The van der Waals surface area contributed by atoms with E-state index in [9.17, 15) is 10.0 Å². The van der Waals surface area contributed by atoms with Gasteiger partial charge in [-0.15, -0.1) is 5.10 Å². The number of nitrogens with zero attached hydrogens (tertiary/aromatic N) is 3. The highest BCUT2D eigenvalue weighted by molar-refractivity contribution is 6.30. The molecule has 0 bridgehead atoms. The molecule has 29 heavy (non-hydrogen) atoms. The maximum atomic E-state index is 12.5. The van der Waals surface area contributed by atoms with Crippen molar-refractivity contribution in [2.24, 2.45) is 5.92 Å². The van der Waals surface area contributed by atoms with E-state index in [1.165, 1.54) is 4.68 Å². The number of hydrogen-bond donors (Lipinski definition) is 2. The summed E-state index contributed by atoms with van der Waals surface area (Å²) < 4.78 is 1.49. The molecule has 3 aromatic rings. The molecular formula is C22H19ClN4O2. The van der Waals surface area contributed by atoms with E-state index in [0.29, 0.717) is 28.7 Å². The lowest BCUT2D eigenvalue weighted by atomic mass is 10.0. The van der Waals surface area contributed by atoms with Crippen LogP contribution in [0.2, 0.25) is 5.02 Å². The summed E-state index contributed by atoms with van der Waals surface area (Å²) in [5, 5.41) is 18.4. The lowest BCUT2D eigenvalue weighted by Crippen LogP contribution is -2.33. The Labute approximate surface area is 173 Å². The average molecular weight is 407 g/mol. The van der Waals surface area contributed by atoms with Crippen molar-refractivity contribution in [2.75, 3.05) is 0 Å². The number of aromatic nitrogens is 3. The highest BCUT2D eigenvalue weighted by atomic mass is 35.5. The van der Waals surface area contributed by atoms with E-state index >= 15 is 0 Å². The van der Waals surface area contributed by atoms with E-state index in [0.717, 1.165) is 24.0 Å². The van der Waals surface area contributed by atoms with Crippen LogP contribution in [-0.4, -0.2) is 26.1 Å². The molecule has 2 N–H and O–H groups in total. The van der Waals surface area contributed by atoms with Gasteiger partial charge in [0.05, 0.1) is 0 Å². The molecule has 0 radical (unpaired) electrons.